The Morgan fingerprint density at radius 1 is 1.47 bits per heavy atom. The molecule has 0 amide bonds. The highest BCUT2D eigenvalue weighted by Gasteiger charge is 2.30. The molecule has 1 aromatic carbocycles. The molecule has 0 spiro atoms. The predicted octanol–water partition coefficient (Wildman–Crippen LogP) is 1.98. The lowest BCUT2D eigenvalue weighted by Gasteiger charge is -2.35. The van der Waals surface area contributed by atoms with Crippen molar-refractivity contribution in [3.05, 3.63) is 28.3 Å². The lowest BCUT2D eigenvalue weighted by Crippen LogP contribution is -2.38. The quantitative estimate of drug-likeness (QED) is 0.629. The van der Waals surface area contributed by atoms with Crippen LogP contribution < -0.4 is 14.8 Å². The van der Waals surface area contributed by atoms with Gasteiger partial charge in [0.05, 0.1) is 18.1 Å². The number of ether oxygens (including phenoxy) is 2. The molecule has 1 aliphatic rings. The zero-order valence-electron chi connectivity index (χ0n) is 11.1. The molecule has 0 atom stereocenters. The topological polar surface area (TPSA) is 73.6 Å². The third-order valence-electron chi connectivity index (χ3n) is 3.34. The standard InChI is InChI=1S/C13H18N2O4/c1-14-8-9-5-11(6-9)19-10-3-4-12(15(16)17)13(7-10)18-2/h3-4,7,9,11,14H,5-6,8H2,1-2H3. The number of nitro groups is 1. The molecular formula is C13H18N2O4. The summed E-state index contributed by atoms with van der Waals surface area (Å²) in [5, 5.41) is 13.9. The number of methoxy groups -OCH3 is 1. The second-order valence-corrected chi connectivity index (χ2v) is 4.73. The minimum atomic E-state index is -0.463. The number of rotatable bonds is 6. The van der Waals surface area contributed by atoms with Crippen LogP contribution in [0.2, 0.25) is 0 Å². The van der Waals surface area contributed by atoms with E-state index in [9.17, 15) is 10.1 Å². The number of benzene rings is 1. The van der Waals surface area contributed by atoms with Gasteiger partial charge in [0.1, 0.15) is 5.75 Å². The normalized spacial score (nSPS) is 21.6. The molecule has 6 heteroatoms. The first-order valence-corrected chi connectivity index (χ1v) is 6.27. The molecule has 1 fully saturated rings. The third kappa shape index (κ3) is 3.14. The van der Waals surface area contributed by atoms with Crippen LogP contribution in [0, 0.1) is 16.0 Å². The third-order valence-corrected chi connectivity index (χ3v) is 3.34. The molecule has 0 radical (unpaired) electrons. The van der Waals surface area contributed by atoms with Gasteiger partial charge < -0.3 is 14.8 Å². The van der Waals surface area contributed by atoms with Gasteiger partial charge in [0.25, 0.3) is 0 Å². The van der Waals surface area contributed by atoms with E-state index in [1.807, 2.05) is 7.05 Å². The summed E-state index contributed by atoms with van der Waals surface area (Å²) in [6.07, 6.45) is 2.23. The van der Waals surface area contributed by atoms with Gasteiger partial charge in [-0.1, -0.05) is 0 Å². The first-order chi connectivity index (χ1) is 9.13. The summed E-state index contributed by atoms with van der Waals surface area (Å²) in [5.74, 6) is 1.51. The molecule has 0 unspecified atom stereocenters. The predicted molar refractivity (Wildman–Crippen MR) is 70.7 cm³/mol. The summed E-state index contributed by atoms with van der Waals surface area (Å²) in [5.41, 5.74) is -0.0449. The fraction of sp³-hybridized carbons (Fsp3) is 0.538. The summed E-state index contributed by atoms with van der Waals surface area (Å²) in [6, 6.07) is 4.60. The Kier molecular flexibility index (Phi) is 4.21. The van der Waals surface area contributed by atoms with Crippen LogP contribution in [-0.4, -0.2) is 31.7 Å². The minimum absolute atomic E-state index is 0.0449. The van der Waals surface area contributed by atoms with Gasteiger partial charge >= 0.3 is 5.69 Å². The fourth-order valence-corrected chi connectivity index (χ4v) is 2.30. The summed E-state index contributed by atoms with van der Waals surface area (Å²) >= 11 is 0. The maximum atomic E-state index is 10.8. The highest BCUT2D eigenvalue weighted by atomic mass is 16.6. The van der Waals surface area contributed by atoms with E-state index in [4.69, 9.17) is 9.47 Å². The molecule has 0 aromatic heterocycles. The van der Waals surface area contributed by atoms with Crippen LogP contribution in [0.15, 0.2) is 18.2 Å². The summed E-state index contributed by atoms with van der Waals surface area (Å²) < 4.78 is 10.8. The largest absolute Gasteiger partial charge is 0.490 e. The Balaban J connectivity index is 1.97. The maximum Gasteiger partial charge on any atom is 0.311 e. The number of nitro benzene ring substituents is 1. The number of hydrogen-bond donors (Lipinski definition) is 1. The second-order valence-electron chi connectivity index (χ2n) is 4.73. The van der Waals surface area contributed by atoms with Crippen LogP contribution in [-0.2, 0) is 0 Å². The zero-order valence-corrected chi connectivity index (χ0v) is 11.1. The molecular weight excluding hydrogens is 248 g/mol. The van der Waals surface area contributed by atoms with Gasteiger partial charge in [-0.2, -0.15) is 0 Å². The highest BCUT2D eigenvalue weighted by Crippen LogP contribution is 2.35. The van der Waals surface area contributed by atoms with Crippen molar-refractivity contribution >= 4 is 5.69 Å². The molecule has 104 valence electrons. The van der Waals surface area contributed by atoms with Crippen molar-refractivity contribution in [2.45, 2.75) is 18.9 Å². The lowest BCUT2D eigenvalue weighted by molar-refractivity contribution is -0.385. The van der Waals surface area contributed by atoms with Crippen LogP contribution in [0.4, 0.5) is 5.69 Å². The Labute approximate surface area is 111 Å². The molecule has 0 bridgehead atoms. The Bertz CT molecular complexity index is 458. The molecule has 1 aliphatic carbocycles. The van der Waals surface area contributed by atoms with E-state index in [-0.39, 0.29) is 17.5 Å². The molecule has 1 N–H and O–H groups in total. The zero-order chi connectivity index (χ0) is 13.8. The maximum absolute atomic E-state index is 10.8. The summed E-state index contributed by atoms with van der Waals surface area (Å²) in [6.45, 7) is 1.00. The van der Waals surface area contributed by atoms with Gasteiger partial charge in [0, 0.05) is 12.1 Å². The molecule has 0 heterocycles. The van der Waals surface area contributed by atoms with Crippen molar-refractivity contribution < 1.29 is 14.4 Å². The summed E-state index contributed by atoms with van der Waals surface area (Å²) in [7, 11) is 3.35. The lowest BCUT2D eigenvalue weighted by atomic mass is 9.82. The van der Waals surface area contributed by atoms with Gasteiger partial charge in [0.15, 0.2) is 0 Å². The molecule has 1 saturated carbocycles. The van der Waals surface area contributed by atoms with Crippen molar-refractivity contribution in [1.29, 1.82) is 0 Å². The van der Waals surface area contributed by atoms with Gasteiger partial charge in [-0.05, 0) is 38.4 Å². The SMILES string of the molecule is CNCC1CC(Oc2ccc([N+](=O)[O-])c(OC)c2)C1. The van der Waals surface area contributed by atoms with Crippen LogP contribution in [0.5, 0.6) is 11.5 Å². The van der Waals surface area contributed by atoms with Crippen molar-refractivity contribution in [2.24, 2.45) is 5.92 Å². The van der Waals surface area contributed by atoms with Gasteiger partial charge in [-0.25, -0.2) is 0 Å². The van der Waals surface area contributed by atoms with Gasteiger partial charge in [0.2, 0.25) is 5.75 Å². The van der Waals surface area contributed by atoms with Crippen molar-refractivity contribution in [1.82, 2.24) is 5.32 Å². The monoisotopic (exact) mass is 266 g/mol. The molecule has 1 aromatic rings. The average Bonchev–Trinajstić information content (AvgIpc) is 2.35. The first kappa shape index (κ1) is 13.6. The van der Waals surface area contributed by atoms with Crippen LogP contribution >= 0.6 is 0 Å². The number of nitrogens with one attached hydrogen (secondary N) is 1. The Morgan fingerprint density at radius 2 is 2.21 bits per heavy atom. The van der Waals surface area contributed by atoms with E-state index in [0.29, 0.717) is 11.7 Å². The van der Waals surface area contributed by atoms with E-state index in [1.54, 1.807) is 12.1 Å². The second kappa shape index (κ2) is 5.88. The molecule has 6 nitrogen and oxygen atoms in total. The van der Waals surface area contributed by atoms with E-state index < -0.39 is 4.92 Å². The molecule has 0 aliphatic heterocycles. The molecule has 0 saturated heterocycles. The van der Waals surface area contributed by atoms with Crippen molar-refractivity contribution in [3.8, 4) is 11.5 Å². The smallest absolute Gasteiger partial charge is 0.311 e. The van der Waals surface area contributed by atoms with Gasteiger partial charge in [-0.3, -0.25) is 10.1 Å². The van der Waals surface area contributed by atoms with E-state index in [0.717, 1.165) is 19.4 Å². The molecule has 19 heavy (non-hydrogen) atoms. The van der Waals surface area contributed by atoms with Crippen molar-refractivity contribution in [2.75, 3.05) is 20.7 Å². The van der Waals surface area contributed by atoms with E-state index in [2.05, 4.69) is 5.32 Å². The van der Waals surface area contributed by atoms with Crippen molar-refractivity contribution in [3.63, 3.8) is 0 Å². The van der Waals surface area contributed by atoms with E-state index in [1.165, 1.54) is 13.2 Å². The Morgan fingerprint density at radius 3 is 2.79 bits per heavy atom. The van der Waals surface area contributed by atoms with E-state index >= 15 is 0 Å². The average molecular weight is 266 g/mol. The van der Waals surface area contributed by atoms with Crippen LogP contribution in [0.3, 0.4) is 0 Å². The Hall–Kier alpha value is -1.82. The first-order valence-electron chi connectivity index (χ1n) is 6.27. The minimum Gasteiger partial charge on any atom is -0.490 e. The molecule has 2 rings (SSSR count). The highest BCUT2D eigenvalue weighted by molar-refractivity contribution is 5.50. The number of nitrogens with zero attached hydrogens (tertiary/aromatic N) is 1. The van der Waals surface area contributed by atoms with Crippen LogP contribution in [0.1, 0.15) is 12.8 Å². The fourth-order valence-electron chi connectivity index (χ4n) is 2.30. The van der Waals surface area contributed by atoms with Gasteiger partial charge in [-0.15, -0.1) is 0 Å². The number of hydrogen-bond acceptors (Lipinski definition) is 5. The summed E-state index contributed by atoms with van der Waals surface area (Å²) in [4.78, 5) is 10.3. The van der Waals surface area contributed by atoms with Crippen LogP contribution in [0.25, 0.3) is 0 Å².